The third kappa shape index (κ3) is 4.02. The maximum absolute atomic E-state index is 6.05. The summed E-state index contributed by atoms with van der Waals surface area (Å²) in [6.45, 7) is 5.56. The third-order valence-corrected chi connectivity index (χ3v) is 5.56. The highest BCUT2D eigenvalue weighted by Gasteiger charge is 2.21. The Morgan fingerprint density at radius 2 is 1.92 bits per heavy atom. The van der Waals surface area contributed by atoms with Crippen LogP contribution in [-0.2, 0) is 22.7 Å². The molecule has 2 fully saturated rings. The van der Waals surface area contributed by atoms with Gasteiger partial charge in [-0.2, -0.15) is 5.10 Å². The van der Waals surface area contributed by atoms with E-state index in [-0.39, 0.29) is 6.10 Å². The van der Waals surface area contributed by atoms with Gasteiger partial charge in [-0.05, 0) is 49.3 Å². The largest absolute Gasteiger partial charge is 0.379 e. The Morgan fingerprint density at radius 1 is 1.15 bits per heavy atom. The molecule has 0 aliphatic carbocycles. The lowest BCUT2D eigenvalue weighted by Gasteiger charge is -2.26. The average molecular weight is 395 g/mol. The molecule has 1 atom stereocenters. The minimum atomic E-state index is 0.203. The molecular weight excluding hydrogens is 372 g/mol. The van der Waals surface area contributed by atoms with Gasteiger partial charge in [-0.1, -0.05) is 11.6 Å². The number of halogens is 1. The molecule has 1 aromatic carbocycles. The van der Waals surface area contributed by atoms with Crippen LogP contribution in [0, 0.1) is 4.77 Å². The fourth-order valence-corrected chi connectivity index (χ4v) is 3.82. The Kier molecular flexibility index (Phi) is 5.71. The molecule has 0 N–H and O–H groups in total. The van der Waals surface area contributed by atoms with Gasteiger partial charge in [0.15, 0.2) is 10.6 Å². The molecule has 0 unspecified atom stereocenters. The number of hydrogen-bond donors (Lipinski definition) is 0. The Bertz CT molecular complexity index is 793. The highest BCUT2D eigenvalue weighted by atomic mass is 35.5. The van der Waals surface area contributed by atoms with Gasteiger partial charge in [0, 0.05) is 30.3 Å². The van der Waals surface area contributed by atoms with Crippen molar-refractivity contribution in [3.63, 3.8) is 0 Å². The molecule has 140 valence electrons. The first-order valence-electron chi connectivity index (χ1n) is 9.06. The number of aromatic nitrogens is 3. The van der Waals surface area contributed by atoms with Gasteiger partial charge in [0.2, 0.25) is 0 Å². The van der Waals surface area contributed by atoms with E-state index in [0.717, 1.165) is 68.5 Å². The van der Waals surface area contributed by atoms with Crippen LogP contribution in [0.15, 0.2) is 24.3 Å². The molecule has 0 bridgehead atoms. The quantitative estimate of drug-likeness (QED) is 0.728. The highest BCUT2D eigenvalue weighted by Crippen LogP contribution is 2.23. The molecule has 1 aromatic heterocycles. The van der Waals surface area contributed by atoms with Crippen molar-refractivity contribution in [3.8, 4) is 11.4 Å². The van der Waals surface area contributed by atoms with Crippen molar-refractivity contribution in [3.05, 3.63) is 34.1 Å². The van der Waals surface area contributed by atoms with Gasteiger partial charge in [0.25, 0.3) is 0 Å². The van der Waals surface area contributed by atoms with Crippen LogP contribution in [0.1, 0.15) is 12.8 Å². The average Bonchev–Trinajstić information content (AvgIpc) is 3.27. The summed E-state index contributed by atoms with van der Waals surface area (Å²) in [5.74, 6) is 0.871. The van der Waals surface area contributed by atoms with Crippen molar-refractivity contribution in [1.29, 1.82) is 0 Å². The maximum Gasteiger partial charge on any atom is 0.199 e. The Balaban J connectivity index is 1.66. The zero-order valence-electron chi connectivity index (χ0n) is 14.6. The van der Waals surface area contributed by atoms with Crippen LogP contribution in [0.3, 0.4) is 0 Å². The minimum Gasteiger partial charge on any atom is -0.379 e. The monoisotopic (exact) mass is 394 g/mol. The van der Waals surface area contributed by atoms with Crippen molar-refractivity contribution in [2.45, 2.75) is 32.2 Å². The topological polar surface area (TPSA) is 44.5 Å². The van der Waals surface area contributed by atoms with Crippen molar-refractivity contribution < 1.29 is 9.47 Å². The van der Waals surface area contributed by atoms with Crippen LogP contribution in [0.5, 0.6) is 0 Å². The van der Waals surface area contributed by atoms with Crippen LogP contribution in [0.4, 0.5) is 0 Å². The number of hydrogen-bond acceptors (Lipinski definition) is 5. The van der Waals surface area contributed by atoms with Gasteiger partial charge in [0.1, 0.15) is 0 Å². The van der Waals surface area contributed by atoms with E-state index >= 15 is 0 Å². The summed E-state index contributed by atoms with van der Waals surface area (Å²) in [6.07, 6.45) is 2.38. The number of ether oxygens (including phenoxy) is 2. The highest BCUT2D eigenvalue weighted by molar-refractivity contribution is 7.71. The Hall–Kier alpha value is -1.25. The minimum absolute atomic E-state index is 0.203. The molecular formula is C18H23ClN4O2S. The first-order valence-corrected chi connectivity index (χ1v) is 9.84. The van der Waals surface area contributed by atoms with E-state index in [2.05, 4.69) is 9.47 Å². The van der Waals surface area contributed by atoms with E-state index in [4.69, 9.17) is 38.4 Å². The Morgan fingerprint density at radius 3 is 2.62 bits per heavy atom. The number of benzene rings is 1. The van der Waals surface area contributed by atoms with Crippen LogP contribution in [0.25, 0.3) is 11.4 Å². The van der Waals surface area contributed by atoms with Crippen LogP contribution < -0.4 is 0 Å². The Labute approximate surface area is 163 Å². The summed E-state index contributed by atoms with van der Waals surface area (Å²) in [5, 5.41) is 5.55. The molecule has 8 heteroatoms. The zero-order chi connectivity index (χ0) is 17.9. The molecule has 6 nitrogen and oxygen atoms in total. The van der Waals surface area contributed by atoms with E-state index in [1.807, 2.05) is 28.9 Å². The van der Waals surface area contributed by atoms with E-state index < -0.39 is 0 Å². The van der Waals surface area contributed by atoms with Crippen molar-refractivity contribution in [2.24, 2.45) is 0 Å². The summed E-state index contributed by atoms with van der Waals surface area (Å²) >= 11 is 11.8. The smallest absolute Gasteiger partial charge is 0.199 e. The lowest BCUT2D eigenvalue weighted by atomic mass is 10.2. The van der Waals surface area contributed by atoms with Gasteiger partial charge < -0.3 is 9.47 Å². The molecule has 2 aromatic rings. The molecule has 0 amide bonds. The summed E-state index contributed by atoms with van der Waals surface area (Å²) in [5.41, 5.74) is 1.01. The maximum atomic E-state index is 6.05. The third-order valence-electron chi connectivity index (χ3n) is 4.87. The summed E-state index contributed by atoms with van der Waals surface area (Å²) in [7, 11) is 0. The normalized spacial score (nSPS) is 21.3. The summed E-state index contributed by atoms with van der Waals surface area (Å²) < 4.78 is 16.0. The second-order valence-electron chi connectivity index (χ2n) is 6.73. The lowest BCUT2D eigenvalue weighted by molar-refractivity contribution is 0.0209. The van der Waals surface area contributed by atoms with Gasteiger partial charge in [0.05, 0.1) is 32.5 Å². The SMILES string of the molecule is S=c1n(CN2CCOCC2)nc(-c2ccc(Cl)cc2)n1C[C@@H]1CCCO1. The first-order chi connectivity index (χ1) is 12.7. The fraction of sp³-hybridized carbons (Fsp3) is 0.556. The molecule has 3 heterocycles. The lowest BCUT2D eigenvalue weighted by Crippen LogP contribution is -2.37. The summed E-state index contributed by atoms with van der Waals surface area (Å²) in [6, 6.07) is 7.75. The van der Waals surface area contributed by atoms with Gasteiger partial charge in [-0.25, -0.2) is 4.68 Å². The van der Waals surface area contributed by atoms with Crippen LogP contribution >= 0.6 is 23.8 Å². The molecule has 26 heavy (non-hydrogen) atoms. The predicted molar refractivity (Wildman–Crippen MR) is 103 cm³/mol. The van der Waals surface area contributed by atoms with Gasteiger partial charge in [-0.15, -0.1) is 0 Å². The van der Waals surface area contributed by atoms with E-state index in [1.54, 1.807) is 0 Å². The molecule has 2 saturated heterocycles. The first kappa shape index (κ1) is 18.1. The number of rotatable bonds is 5. The van der Waals surface area contributed by atoms with Gasteiger partial charge >= 0.3 is 0 Å². The number of nitrogens with zero attached hydrogens (tertiary/aromatic N) is 4. The second-order valence-corrected chi connectivity index (χ2v) is 7.53. The van der Waals surface area contributed by atoms with Crippen LogP contribution in [-0.4, -0.2) is 58.3 Å². The molecule has 4 rings (SSSR count). The van der Waals surface area contributed by atoms with Crippen molar-refractivity contribution >= 4 is 23.8 Å². The van der Waals surface area contributed by atoms with E-state index in [0.29, 0.717) is 11.7 Å². The molecule has 0 spiro atoms. The van der Waals surface area contributed by atoms with Crippen molar-refractivity contribution in [1.82, 2.24) is 19.2 Å². The predicted octanol–water partition coefficient (Wildman–Crippen LogP) is 3.20. The van der Waals surface area contributed by atoms with E-state index in [1.165, 1.54) is 0 Å². The molecule has 2 aliphatic rings. The van der Waals surface area contributed by atoms with E-state index in [9.17, 15) is 0 Å². The standard InChI is InChI=1S/C18H23ClN4O2S/c19-15-5-3-14(4-6-15)17-20-23(13-21-7-10-24-11-8-21)18(26)22(17)12-16-2-1-9-25-16/h3-6,16H,1-2,7-13H2/t16-/m0/s1. The fourth-order valence-electron chi connectivity index (χ4n) is 3.43. The molecule has 0 saturated carbocycles. The molecule has 2 aliphatic heterocycles. The van der Waals surface area contributed by atoms with Crippen molar-refractivity contribution in [2.75, 3.05) is 32.9 Å². The number of morpholine rings is 1. The van der Waals surface area contributed by atoms with Gasteiger partial charge in [-0.3, -0.25) is 9.47 Å². The zero-order valence-corrected chi connectivity index (χ0v) is 16.2. The summed E-state index contributed by atoms with van der Waals surface area (Å²) in [4.78, 5) is 2.31. The second kappa shape index (κ2) is 8.19. The van der Waals surface area contributed by atoms with Crippen LogP contribution in [0.2, 0.25) is 5.02 Å². The molecule has 0 radical (unpaired) electrons.